The monoisotopic (exact) mass is 238 g/mol. The molecule has 1 unspecified atom stereocenters. The van der Waals surface area contributed by atoms with Crippen LogP contribution in [0, 0.1) is 0 Å². The number of rotatable bonds is 1. The number of morpholine rings is 1. The smallest absolute Gasteiger partial charge is 0.248 e. The Morgan fingerprint density at radius 1 is 1.29 bits per heavy atom. The van der Waals surface area contributed by atoms with Crippen molar-refractivity contribution in [2.24, 2.45) is 0 Å². The standard InChI is InChI=1S/C13H22N2O2/c16-12-8-17-13(6-3-7-14-9-13)10-15(12)11-4-1-2-5-11/h11,14H,1-10H2. The molecule has 0 bridgehead atoms. The first kappa shape index (κ1) is 11.5. The van der Waals surface area contributed by atoms with Crippen LogP contribution in [0.3, 0.4) is 0 Å². The summed E-state index contributed by atoms with van der Waals surface area (Å²) in [4.78, 5) is 14.1. The van der Waals surface area contributed by atoms with Crippen LogP contribution in [-0.2, 0) is 9.53 Å². The topological polar surface area (TPSA) is 41.6 Å². The minimum absolute atomic E-state index is 0.0885. The number of nitrogens with zero attached hydrogens (tertiary/aromatic N) is 1. The molecular formula is C13H22N2O2. The van der Waals surface area contributed by atoms with Gasteiger partial charge in [0.25, 0.3) is 0 Å². The lowest BCUT2D eigenvalue weighted by atomic mass is 9.91. The third-order valence-electron chi connectivity index (χ3n) is 4.48. The van der Waals surface area contributed by atoms with Crippen molar-refractivity contribution in [1.82, 2.24) is 10.2 Å². The summed E-state index contributed by atoms with van der Waals surface area (Å²) >= 11 is 0. The van der Waals surface area contributed by atoms with E-state index in [1.54, 1.807) is 0 Å². The predicted octanol–water partition coefficient (Wildman–Crippen LogP) is 0.910. The zero-order valence-electron chi connectivity index (χ0n) is 10.4. The molecule has 0 aromatic rings. The lowest BCUT2D eigenvalue weighted by molar-refractivity contribution is -0.170. The van der Waals surface area contributed by atoms with E-state index in [0.29, 0.717) is 6.04 Å². The molecule has 4 heteroatoms. The van der Waals surface area contributed by atoms with Crippen LogP contribution in [0.2, 0.25) is 0 Å². The van der Waals surface area contributed by atoms with E-state index < -0.39 is 0 Å². The Morgan fingerprint density at radius 3 is 2.82 bits per heavy atom. The third kappa shape index (κ3) is 2.20. The molecule has 2 aliphatic heterocycles. The molecule has 1 atom stereocenters. The van der Waals surface area contributed by atoms with Crippen LogP contribution in [0.4, 0.5) is 0 Å². The number of ether oxygens (including phenoxy) is 1. The van der Waals surface area contributed by atoms with Crippen LogP contribution in [0.25, 0.3) is 0 Å². The van der Waals surface area contributed by atoms with E-state index in [9.17, 15) is 4.79 Å². The number of nitrogens with one attached hydrogen (secondary N) is 1. The highest BCUT2D eigenvalue weighted by Crippen LogP contribution is 2.31. The van der Waals surface area contributed by atoms with Gasteiger partial charge in [-0.3, -0.25) is 4.79 Å². The van der Waals surface area contributed by atoms with E-state index in [1.165, 1.54) is 25.7 Å². The second kappa shape index (κ2) is 4.58. The Balaban J connectivity index is 1.71. The van der Waals surface area contributed by atoms with Gasteiger partial charge < -0.3 is 15.0 Å². The maximum atomic E-state index is 12.0. The van der Waals surface area contributed by atoms with Crippen LogP contribution in [-0.4, -0.2) is 48.7 Å². The van der Waals surface area contributed by atoms with Crippen molar-refractivity contribution in [1.29, 1.82) is 0 Å². The fraction of sp³-hybridized carbons (Fsp3) is 0.923. The summed E-state index contributed by atoms with van der Waals surface area (Å²) < 4.78 is 5.85. The van der Waals surface area contributed by atoms with Gasteiger partial charge >= 0.3 is 0 Å². The van der Waals surface area contributed by atoms with Gasteiger partial charge in [-0.25, -0.2) is 0 Å². The second-order valence-electron chi connectivity index (χ2n) is 5.71. The zero-order valence-corrected chi connectivity index (χ0v) is 10.4. The Hall–Kier alpha value is -0.610. The number of carbonyl (C=O) groups is 1. The maximum absolute atomic E-state index is 12.0. The zero-order chi connectivity index (χ0) is 11.7. The van der Waals surface area contributed by atoms with Crippen molar-refractivity contribution in [3.63, 3.8) is 0 Å². The molecule has 1 N–H and O–H groups in total. The molecule has 3 aliphatic rings. The molecule has 17 heavy (non-hydrogen) atoms. The molecule has 1 saturated carbocycles. The largest absolute Gasteiger partial charge is 0.362 e. The van der Waals surface area contributed by atoms with E-state index in [1.807, 2.05) is 0 Å². The van der Waals surface area contributed by atoms with Crippen molar-refractivity contribution in [3.05, 3.63) is 0 Å². The first-order chi connectivity index (χ1) is 8.29. The van der Waals surface area contributed by atoms with Gasteiger partial charge in [0, 0.05) is 12.6 Å². The fourth-order valence-electron chi connectivity index (χ4n) is 3.49. The number of amides is 1. The third-order valence-corrected chi connectivity index (χ3v) is 4.48. The molecule has 0 aromatic carbocycles. The van der Waals surface area contributed by atoms with Gasteiger partial charge in [-0.1, -0.05) is 12.8 Å². The molecule has 96 valence electrons. The molecule has 2 saturated heterocycles. The van der Waals surface area contributed by atoms with Gasteiger partial charge in [-0.15, -0.1) is 0 Å². The number of hydrogen-bond acceptors (Lipinski definition) is 3. The summed E-state index contributed by atoms with van der Waals surface area (Å²) in [6, 6.07) is 0.491. The average Bonchev–Trinajstić information content (AvgIpc) is 2.88. The van der Waals surface area contributed by atoms with Crippen LogP contribution < -0.4 is 5.32 Å². The maximum Gasteiger partial charge on any atom is 0.248 e. The quantitative estimate of drug-likeness (QED) is 0.738. The van der Waals surface area contributed by atoms with E-state index in [4.69, 9.17) is 4.74 Å². The van der Waals surface area contributed by atoms with Crippen molar-refractivity contribution in [3.8, 4) is 0 Å². The second-order valence-corrected chi connectivity index (χ2v) is 5.71. The summed E-state index contributed by atoms with van der Waals surface area (Å²) in [5.41, 5.74) is -0.0885. The molecule has 1 amide bonds. The molecular weight excluding hydrogens is 216 g/mol. The van der Waals surface area contributed by atoms with Crippen molar-refractivity contribution >= 4 is 5.91 Å². The molecule has 3 fully saturated rings. The molecule has 3 rings (SSSR count). The van der Waals surface area contributed by atoms with Gasteiger partial charge in [0.2, 0.25) is 5.91 Å². The Morgan fingerprint density at radius 2 is 2.12 bits per heavy atom. The van der Waals surface area contributed by atoms with Crippen molar-refractivity contribution in [2.75, 3.05) is 26.2 Å². The highest BCUT2D eigenvalue weighted by atomic mass is 16.5. The summed E-state index contributed by atoms with van der Waals surface area (Å²) in [6.45, 7) is 3.09. The first-order valence-electron chi connectivity index (χ1n) is 6.93. The van der Waals surface area contributed by atoms with Gasteiger partial charge in [-0.2, -0.15) is 0 Å². The molecule has 1 aliphatic carbocycles. The lowest BCUT2D eigenvalue weighted by Crippen LogP contribution is -2.62. The summed E-state index contributed by atoms with van der Waals surface area (Å²) in [6.07, 6.45) is 7.19. The molecule has 4 nitrogen and oxygen atoms in total. The average molecular weight is 238 g/mol. The van der Waals surface area contributed by atoms with Crippen LogP contribution >= 0.6 is 0 Å². The Labute approximate surface area is 103 Å². The number of piperidine rings is 1. The highest BCUT2D eigenvalue weighted by molar-refractivity contribution is 5.78. The van der Waals surface area contributed by atoms with Crippen molar-refractivity contribution < 1.29 is 9.53 Å². The molecule has 0 radical (unpaired) electrons. The minimum atomic E-state index is -0.0885. The van der Waals surface area contributed by atoms with Gasteiger partial charge in [0.15, 0.2) is 0 Å². The van der Waals surface area contributed by atoms with E-state index in [2.05, 4.69) is 10.2 Å². The predicted molar refractivity (Wildman–Crippen MR) is 64.8 cm³/mol. The molecule has 2 heterocycles. The Kier molecular flexibility index (Phi) is 3.09. The minimum Gasteiger partial charge on any atom is -0.362 e. The molecule has 1 spiro atoms. The fourth-order valence-corrected chi connectivity index (χ4v) is 3.49. The van der Waals surface area contributed by atoms with Crippen molar-refractivity contribution in [2.45, 2.75) is 50.2 Å². The highest BCUT2D eigenvalue weighted by Gasteiger charge is 2.43. The van der Waals surface area contributed by atoms with Crippen LogP contribution in [0.5, 0.6) is 0 Å². The van der Waals surface area contributed by atoms with E-state index in [0.717, 1.165) is 32.5 Å². The normalized spacial score (nSPS) is 35.8. The summed E-state index contributed by atoms with van der Waals surface area (Å²) in [5.74, 6) is 0.202. The number of hydrogen-bond donors (Lipinski definition) is 1. The SMILES string of the molecule is O=C1COC2(CCCNC2)CN1C1CCCC1. The Bertz CT molecular complexity index is 294. The molecule has 0 aromatic heterocycles. The summed E-state index contributed by atoms with van der Waals surface area (Å²) in [5, 5.41) is 3.41. The summed E-state index contributed by atoms with van der Waals surface area (Å²) in [7, 11) is 0. The lowest BCUT2D eigenvalue weighted by Gasteiger charge is -2.46. The van der Waals surface area contributed by atoms with Crippen LogP contribution in [0.1, 0.15) is 38.5 Å². The van der Waals surface area contributed by atoms with Gasteiger partial charge in [0.05, 0.1) is 12.1 Å². The van der Waals surface area contributed by atoms with Gasteiger partial charge in [-0.05, 0) is 32.2 Å². The van der Waals surface area contributed by atoms with Gasteiger partial charge in [0.1, 0.15) is 6.61 Å². The van der Waals surface area contributed by atoms with E-state index >= 15 is 0 Å². The van der Waals surface area contributed by atoms with E-state index in [-0.39, 0.29) is 18.1 Å². The van der Waals surface area contributed by atoms with Crippen LogP contribution in [0.15, 0.2) is 0 Å². The number of carbonyl (C=O) groups excluding carboxylic acids is 1. The first-order valence-corrected chi connectivity index (χ1v) is 6.93.